The summed E-state index contributed by atoms with van der Waals surface area (Å²) in [5.74, 6) is -0.266. The van der Waals surface area contributed by atoms with Crippen LogP contribution in [0.2, 0.25) is 0 Å². The van der Waals surface area contributed by atoms with Gasteiger partial charge in [0, 0.05) is 38.4 Å². The van der Waals surface area contributed by atoms with Crippen molar-refractivity contribution >= 4 is 5.91 Å². The molecule has 7 heteroatoms. The van der Waals surface area contributed by atoms with Crippen LogP contribution in [0.1, 0.15) is 34.6 Å². The summed E-state index contributed by atoms with van der Waals surface area (Å²) in [6.45, 7) is 0.127. The molecule has 0 unspecified atom stereocenters. The fraction of sp³-hybridized carbons (Fsp3) is 0.474. The predicted octanol–water partition coefficient (Wildman–Crippen LogP) is 2.59. The maximum atomic E-state index is 12.6. The first kappa shape index (κ1) is 17.1. The maximum absolute atomic E-state index is 12.6. The second-order valence-corrected chi connectivity index (χ2v) is 6.95. The summed E-state index contributed by atoms with van der Waals surface area (Å²) in [5.41, 5.74) is 2.97. The Morgan fingerprint density at radius 2 is 1.81 bits per heavy atom. The van der Waals surface area contributed by atoms with Gasteiger partial charge in [-0.2, -0.15) is 13.9 Å². The van der Waals surface area contributed by atoms with Crippen molar-refractivity contribution in [2.24, 2.45) is 0 Å². The van der Waals surface area contributed by atoms with Crippen molar-refractivity contribution in [2.45, 2.75) is 31.9 Å². The molecule has 138 valence electrons. The lowest BCUT2D eigenvalue weighted by molar-refractivity contribution is 0.0504. The second-order valence-electron chi connectivity index (χ2n) is 6.95. The summed E-state index contributed by atoms with van der Waals surface area (Å²) >= 11 is 0. The lowest BCUT2D eigenvalue weighted by Crippen LogP contribution is -2.53. The van der Waals surface area contributed by atoms with E-state index in [0.717, 1.165) is 38.5 Å². The van der Waals surface area contributed by atoms with E-state index >= 15 is 0 Å². The molecule has 0 bridgehead atoms. The van der Waals surface area contributed by atoms with Gasteiger partial charge >= 0.3 is 6.55 Å². The average molecular weight is 360 g/mol. The molecule has 0 radical (unpaired) electrons. The van der Waals surface area contributed by atoms with Gasteiger partial charge in [0.1, 0.15) is 0 Å². The molecule has 2 heterocycles. The minimum Gasteiger partial charge on any atom is -0.335 e. The fourth-order valence-electron chi connectivity index (χ4n) is 4.00. The van der Waals surface area contributed by atoms with E-state index in [1.165, 1.54) is 17.2 Å². The number of rotatable bonds is 3. The highest BCUT2D eigenvalue weighted by Gasteiger charge is 2.29. The largest absolute Gasteiger partial charge is 0.335 e. The summed E-state index contributed by atoms with van der Waals surface area (Å²) in [6.07, 6.45) is 4.45. The van der Waals surface area contributed by atoms with Gasteiger partial charge in [-0.25, -0.2) is 4.68 Å². The van der Waals surface area contributed by atoms with E-state index in [4.69, 9.17) is 0 Å². The Bertz CT molecular complexity index is 783. The van der Waals surface area contributed by atoms with Gasteiger partial charge < -0.3 is 4.90 Å². The summed E-state index contributed by atoms with van der Waals surface area (Å²) in [6, 6.07) is 10.5. The number of alkyl halides is 2. The van der Waals surface area contributed by atoms with E-state index in [1.807, 2.05) is 0 Å². The molecule has 5 nitrogen and oxygen atoms in total. The zero-order valence-corrected chi connectivity index (χ0v) is 14.5. The SMILES string of the molecule is O=C(c1ccn(C(F)F)n1)N1CCN([C@H]2CCc3ccccc3C2)CC1. The number of hydrogen-bond donors (Lipinski definition) is 0. The maximum Gasteiger partial charge on any atom is 0.333 e. The Hall–Kier alpha value is -2.28. The summed E-state index contributed by atoms with van der Waals surface area (Å²) in [7, 11) is 0. The molecule has 1 amide bonds. The van der Waals surface area contributed by atoms with Crippen molar-refractivity contribution in [1.82, 2.24) is 19.6 Å². The van der Waals surface area contributed by atoms with Crippen molar-refractivity contribution in [3.8, 4) is 0 Å². The lowest BCUT2D eigenvalue weighted by atomic mass is 9.87. The smallest absolute Gasteiger partial charge is 0.333 e. The molecular formula is C19H22F2N4O. The summed E-state index contributed by atoms with van der Waals surface area (Å²) < 4.78 is 25.8. The number of benzene rings is 1. The lowest BCUT2D eigenvalue weighted by Gasteiger charge is -2.41. The number of amides is 1. The zero-order chi connectivity index (χ0) is 18.1. The predicted molar refractivity (Wildman–Crippen MR) is 93.2 cm³/mol. The molecule has 1 fully saturated rings. The molecule has 0 saturated carbocycles. The van der Waals surface area contributed by atoms with Gasteiger partial charge in [0.05, 0.1) is 0 Å². The molecule has 26 heavy (non-hydrogen) atoms. The van der Waals surface area contributed by atoms with Crippen molar-refractivity contribution in [1.29, 1.82) is 0 Å². The first-order valence-corrected chi connectivity index (χ1v) is 9.05. The number of halogens is 2. The molecule has 0 spiro atoms. The first-order valence-electron chi connectivity index (χ1n) is 9.05. The van der Waals surface area contributed by atoms with Crippen LogP contribution in [0.25, 0.3) is 0 Å². The van der Waals surface area contributed by atoms with E-state index < -0.39 is 6.55 Å². The topological polar surface area (TPSA) is 41.4 Å². The van der Waals surface area contributed by atoms with Crippen molar-refractivity contribution < 1.29 is 13.6 Å². The van der Waals surface area contributed by atoms with Gasteiger partial charge in [-0.3, -0.25) is 9.69 Å². The van der Waals surface area contributed by atoms with Crippen LogP contribution in [-0.4, -0.2) is 57.7 Å². The average Bonchev–Trinajstić information content (AvgIpc) is 3.18. The number of aromatic nitrogens is 2. The summed E-state index contributed by atoms with van der Waals surface area (Å²) in [4.78, 5) is 16.6. The summed E-state index contributed by atoms with van der Waals surface area (Å²) in [5, 5.41) is 3.68. The number of nitrogens with zero attached hydrogens (tertiary/aromatic N) is 4. The van der Waals surface area contributed by atoms with E-state index in [-0.39, 0.29) is 11.6 Å². The standard InChI is InChI=1S/C19H22F2N4O/c20-19(21)25-8-7-17(22-25)18(26)24-11-9-23(10-12-24)16-6-5-14-3-1-2-4-15(14)13-16/h1-4,7-8,16,19H,5-6,9-13H2/t16-/m0/s1. The first-order chi connectivity index (χ1) is 12.6. The second kappa shape index (κ2) is 7.15. The Morgan fingerprint density at radius 3 is 2.50 bits per heavy atom. The van der Waals surface area contributed by atoms with Crippen LogP contribution in [0.3, 0.4) is 0 Å². The Labute approximate surface area is 151 Å². The fourth-order valence-corrected chi connectivity index (χ4v) is 4.00. The molecule has 1 aromatic heterocycles. The number of hydrogen-bond acceptors (Lipinski definition) is 3. The van der Waals surface area contributed by atoms with Crippen LogP contribution in [0.4, 0.5) is 8.78 Å². The molecule has 1 aliphatic heterocycles. The number of fused-ring (bicyclic) bond motifs is 1. The van der Waals surface area contributed by atoms with Crippen LogP contribution in [0.15, 0.2) is 36.5 Å². The molecule has 2 aliphatic rings. The van der Waals surface area contributed by atoms with Crippen LogP contribution >= 0.6 is 0 Å². The van der Waals surface area contributed by atoms with Gasteiger partial charge in [0.2, 0.25) is 0 Å². The minimum atomic E-state index is -2.72. The van der Waals surface area contributed by atoms with E-state index in [1.54, 1.807) is 4.90 Å². The Morgan fingerprint density at radius 1 is 1.08 bits per heavy atom. The van der Waals surface area contributed by atoms with Crippen LogP contribution in [-0.2, 0) is 12.8 Å². The highest BCUT2D eigenvalue weighted by atomic mass is 19.3. The minimum absolute atomic E-state index is 0.0883. The van der Waals surface area contributed by atoms with E-state index in [2.05, 4.69) is 34.3 Å². The Balaban J connectivity index is 1.35. The molecule has 2 aromatic rings. The number of piperazine rings is 1. The Kier molecular flexibility index (Phi) is 4.72. The van der Waals surface area contributed by atoms with Gasteiger partial charge in [0.15, 0.2) is 5.69 Å². The molecule has 1 aromatic carbocycles. The third kappa shape index (κ3) is 3.35. The van der Waals surface area contributed by atoms with Gasteiger partial charge in [0.25, 0.3) is 5.91 Å². The normalized spacial score (nSPS) is 21.0. The van der Waals surface area contributed by atoms with Crippen molar-refractivity contribution in [2.75, 3.05) is 26.2 Å². The van der Waals surface area contributed by atoms with Gasteiger partial charge in [-0.15, -0.1) is 0 Å². The molecule has 1 aliphatic carbocycles. The number of carbonyl (C=O) groups excluding carboxylic acids is 1. The van der Waals surface area contributed by atoms with Gasteiger partial charge in [-0.05, 0) is 36.5 Å². The number of aryl methyl sites for hydroxylation is 1. The van der Waals surface area contributed by atoms with Crippen LogP contribution in [0, 0.1) is 0 Å². The molecule has 4 rings (SSSR count). The molecular weight excluding hydrogens is 338 g/mol. The monoisotopic (exact) mass is 360 g/mol. The molecule has 1 atom stereocenters. The van der Waals surface area contributed by atoms with Crippen molar-refractivity contribution in [3.05, 3.63) is 53.3 Å². The van der Waals surface area contributed by atoms with Crippen molar-refractivity contribution in [3.63, 3.8) is 0 Å². The van der Waals surface area contributed by atoms with E-state index in [9.17, 15) is 13.6 Å². The third-order valence-electron chi connectivity index (χ3n) is 5.47. The molecule has 0 N–H and O–H groups in total. The van der Waals surface area contributed by atoms with E-state index in [0.29, 0.717) is 23.8 Å². The quantitative estimate of drug-likeness (QED) is 0.845. The van der Waals surface area contributed by atoms with Gasteiger partial charge in [-0.1, -0.05) is 24.3 Å². The van der Waals surface area contributed by atoms with Crippen LogP contribution in [0.5, 0.6) is 0 Å². The molecule has 1 saturated heterocycles. The zero-order valence-electron chi connectivity index (χ0n) is 14.5. The van der Waals surface area contributed by atoms with Crippen LogP contribution < -0.4 is 0 Å². The third-order valence-corrected chi connectivity index (χ3v) is 5.47. The highest BCUT2D eigenvalue weighted by Crippen LogP contribution is 2.25. The number of carbonyl (C=O) groups is 1. The highest BCUT2D eigenvalue weighted by molar-refractivity contribution is 5.92.